The SMILES string of the molecule is Cc1c(S(=O)(=O)NC(=O)c2ccc(-n3ccc(OCCC4(C)CC4)n3)nc2Cl)cnn1CCCCC1CCC(C)(C)C1. The van der Waals surface area contributed by atoms with Gasteiger partial charge in [0.25, 0.3) is 15.9 Å². The van der Waals surface area contributed by atoms with E-state index in [4.69, 9.17) is 16.3 Å². The summed E-state index contributed by atoms with van der Waals surface area (Å²) in [7, 11) is -4.17. The van der Waals surface area contributed by atoms with Gasteiger partial charge in [-0.15, -0.1) is 5.10 Å². The van der Waals surface area contributed by atoms with Gasteiger partial charge in [0.05, 0.1) is 24.1 Å². The molecule has 1 atom stereocenters. The summed E-state index contributed by atoms with van der Waals surface area (Å²) in [6, 6.07) is 4.70. The molecule has 10 nitrogen and oxygen atoms in total. The number of hydrogen-bond acceptors (Lipinski definition) is 7. The molecule has 0 aromatic carbocycles. The molecule has 0 radical (unpaired) electrons. The van der Waals surface area contributed by atoms with Crippen LogP contribution in [0.2, 0.25) is 5.15 Å². The fraction of sp³-hybridized carbons (Fsp3) is 0.600. The Bertz CT molecular complexity index is 1540. The van der Waals surface area contributed by atoms with E-state index in [1.54, 1.807) is 29.9 Å². The van der Waals surface area contributed by atoms with Crippen molar-refractivity contribution in [2.45, 2.75) is 96.9 Å². The van der Waals surface area contributed by atoms with Crippen LogP contribution in [-0.4, -0.2) is 45.5 Å². The number of carbonyl (C=O) groups is 1. The molecule has 42 heavy (non-hydrogen) atoms. The van der Waals surface area contributed by atoms with E-state index in [-0.39, 0.29) is 15.6 Å². The van der Waals surface area contributed by atoms with Crippen LogP contribution in [0.15, 0.2) is 35.5 Å². The quantitative estimate of drug-likeness (QED) is 0.182. The number of halogens is 1. The van der Waals surface area contributed by atoms with Crippen molar-refractivity contribution in [2.75, 3.05) is 6.61 Å². The first-order valence-electron chi connectivity index (χ1n) is 14.8. The Labute approximate surface area is 253 Å². The molecule has 1 amide bonds. The van der Waals surface area contributed by atoms with Crippen molar-refractivity contribution in [3.05, 3.63) is 47.0 Å². The summed E-state index contributed by atoms with van der Waals surface area (Å²) in [6.07, 6.45) is 13.5. The molecule has 3 aromatic rings. The van der Waals surface area contributed by atoms with Gasteiger partial charge >= 0.3 is 0 Å². The number of sulfonamides is 1. The van der Waals surface area contributed by atoms with E-state index in [2.05, 4.69) is 40.7 Å². The highest BCUT2D eigenvalue weighted by molar-refractivity contribution is 7.90. The average molecular weight is 617 g/mol. The minimum Gasteiger partial charge on any atom is -0.477 e. The number of unbranched alkanes of at least 4 members (excludes halogenated alkanes) is 1. The van der Waals surface area contributed by atoms with Crippen LogP contribution in [-0.2, 0) is 16.6 Å². The number of aryl methyl sites for hydroxylation is 1. The number of nitrogens with zero attached hydrogens (tertiary/aromatic N) is 5. The van der Waals surface area contributed by atoms with Crippen molar-refractivity contribution >= 4 is 27.5 Å². The molecule has 228 valence electrons. The zero-order valence-electron chi connectivity index (χ0n) is 24.9. The lowest BCUT2D eigenvalue weighted by molar-refractivity contribution is 0.0981. The molecule has 1 unspecified atom stereocenters. The highest BCUT2D eigenvalue weighted by Crippen LogP contribution is 2.48. The molecule has 3 aromatic heterocycles. The predicted octanol–water partition coefficient (Wildman–Crippen LogP) is 6.11. The first-order chi connectivity index (χ1) is 19.8. The summed E-state index contributed by atoms with van der Waals surface area (Å²) in [5.74, 6) is 0.747. The third-order valence-corrected chi connectivity index (χ3v) is 10.5. The number of pyridine rings is 1. The normalized spacial score (nSPS) is 19.1. The molecule has 5 rings (SSSR count). The highest BCUT2D eigenvalue weighted by atomic mass is 35.5. The lowest BCUT2D eigenvalue weighted by Gasteiger charge is -2.17. The summed E-state index contributed by atoms with van der Waals surface area (Å²) in [5, 5.41) is 8.51. The Kier molecular flexibility index (Phi) is 8.72. The maximum Gasteiger partial charge on any atom is 0.268 e. The number of carbonyl (C=O) groups excluding carboxylic acids is 1. The monoisotopic (exact) mass is 616 g/mol. The second-order valence-electron chi connectivity index (χ2n) is 13.0. The molecule has 12 heteroatoms. The van der Waals surface area contributed by atoms with Gasteiger partial charge in [-0.2, -0.15) is 5.10 Å². The lowest BCUT2D eigenvalue weighted by Crippen LogP contribution is -2.31. The van der Waals surface area contributed by atoms with Crippen LogP contribution in [0.1, 0.15) is 94.6 Å². The fourth-order valence-corrected chi connectivity index (χ4v) is 7.15. The van der Waals surface area contributed by atoms with E-state index in [1.807, 2.05) is 0 Å². The van der Waals surface area contributed by atoms with Crippen molar-refractivity contribution in [1.29, 1.82) is 0 Å². The van der Waals surface area contributed by atoms with E-state index in [0.717, 1.165) is 25.2 Å². The number of ether oxygens (including phenoxy) is 1. The Morgan fingerprint density at radius 1 is 1.17 bits per heavy atom. The number of aromatic nitrogens is 5. The van der Waals surface area contributed by atoms with Crippen molar-refractivity contribution in [2.24, 2.45) is 16.7 Å². The zero-order valence-corrected chi connectivity index (χ0v) is 26.5. The molecule has 0 aliphatic heterocycles. The summed E-state index contributed by atoms with van der Waals surface area (Å²) in [5.41, 5.74) is 1.27. The standard InChI is InChI=1S/C30H41ClN6O4S/c1-21-24(20-32-36(21)16-6-5-7-22-10-12-29(2,3)19-22)42(39,40)35-28(38)23-8-9-25(33-27(23)31)37-17-11-26(34-37)41-18-15-30(4)13-14-30/h8-9,11,17,20,22H,5-7,10,12-16,18-19H2,1-4H3,(H,35,38). The molecular formula is C30H41ClN6O4S. The minimum absolute atomic E-state index is 0.0335. The predicted molar refractivity (Wildman–Crippen MR) is 160 cm³/mol. The van der Waals surface area contributed by atoms with E-state index >= 15 is 0 Å². The van der Waals surface area contributed by atoms with Gasteiger partial charge in [-0.3, -0.25) is 9.48 Å². The van der Waals surface area contributed by atoms with Gasteiger partial charge in [0, 0.05) is 18.8 Å². The Morgan fingerprint density at radius 2 is 1.95 bits per heavy atom. The molecule has 2 aliphatic rings. The minimum atomic E-state index is -4.17. The van der Waals surface area contributed by atoms with E-state index < -0.39 is 15.9 Å². The average Bonchev–Trinajstić information content (AvgIpc) is 3.23. The third-order valence-electron chi connectivity index (χ3n) is 8.81. The first kappa shape index (κ1) is 30.5. The van der Waals surface area contributed by atoms with Crippen LogP contribution in [0.4, 0.5) is 0 Å². The fourth-order valence-electron chi connectivity index (χ4n) is 5.77. The van der Waals surface area contributed by atoms with Gasteiger partial charge in [0.15, 0.2) is 5.82 Å². The molecule has 2 saturated carbocycles. The smallest absolute Gasteiger partial charge is 0.268 e. The van der Waals surface area contributed by atoms with Crippen LogP contribution in [0.5, 0.6) is 5.88 Å². The maximum atomic E-state index is 13.1. The number of rotatable bonds is 13. The van der Waals surface area contributed by atoms with E-state index in [9.17, 15) is 13.2 Å². The molecule has 3 heterocycles. The van der Waals surface area contributed by atoms with E-state index in [0.29, 0.717) is 41.4 Å². The first-order valence-corrected chi connectivity index (χ1v) is 16.7. The zero-order chi connectivity index (χ0) is 30.1. The van der Waals surface area contributed by atoms with Gasteiger partial charge in [0.1, 0.15) is 10.0 Å². The number of amides is 1. The van der Waals surface area contributed by atoms with Gasteiger partial charge < -0.3 is 4.74 Å². The second kappa shape index (κ2) is 12.0. The van der Waals surface area contributed by atoms with Crippen molar-refractivity contribution in [3.8, 4) is 11.7 Å². The van der Waals surface area contributed by atoms with Crippen molar-refractivity contribution in [1.82, 2.24) is 29.3 Å². The summed E-state index contributed by atoms with van der Waals surface area (Å²) in [6.45, 7) is 9.84. The Balaban J connectivity index is 1.15. The largest absolute Gasteiger partial charge is 0.477 e. The van der Waals surface area contributed by atoms with Gasteiger partial charge in [0.2, 0.25) is 5.88 Å². The maximum absolute atomic E-state index is 13.1. The summed E-state index contributed by atoms with van der Waals surface area (Å²) >= 11 is 6.31. The molecule has 0 bridgehead atoms. The Morgan fingerprint density at radius 3 is 2.64 bits per heavy atom. The molecule has 1 N–H and O–H groups in total. The van der Waals surface area contributed by atoms with Crippen LogP contribution in [0.25, 0.3) is 5.82 Å². The van der Waals surface area contributed by atoms with Gasteiger partial charge in [-0.1, -0.05) is 45.2 Å². The van der Waals surface area contributed by atoms with Gasteiger partial charge in [-0.25, -0.2) is 22.8 Å². The van der Waals surface area contributed by atoms with Crippen LogP contribution in [0, 0.1) is 23.7 Å². The molecule has 2 aliphatic carbocycles. The third kappa shape index (κ3) is 7.34. The van der Waals surface area contributed by atoms with Crippen LogP contribution in [0.3, 0.4) is 0 Å². The number of hydrogen-bond donors (Lipinski definition) is 1. The Hall–Kier alpha value is -2.92. The lowest BCUT2D eigenvalue weighted by atomic mass is 9.89. The summed E-state index contributed by atoms with van der Waals surface area (Å²) < 4.78 is 37.2. The molecule has 0 saturated heterocycles. The van der Waals surface area contributed by atoms with Crippen molar-refractivity contribution in [3.63, 3.8) is 0 Å². The van der Waals surface area contributed by atoms with E-state index in [1.165, 1.54) is 55.5 Å². The van der Waals surface area contributed by atoms with Crippen LogP contribution >= 0.6 is 11.6 Å². The van der Waals surface area contributed by atoms with Crippen LogP contribution < -0.4 is 9.46 Å². The molecular weight excluding hydrogens is 576 g/mol. The molecule has 0 spiro atoms. The second-order valence-corrected chi connectivity index (χ2v) is 15.0. The van der Waals surface area contributed by atoms with Gasteiger partial charge in [-0.05, 0) is 80.8 Å². The number of nitrogens with one attached hydrogen (secondary N) is 1. The van der Waals surface area contributed by atoms with Crippen molar-refractivity contribution < 1.29 is 17.9 Å². The summed E-state index contributed by atoms with van der Waals surface area (Å²) in [4.78, 5) is 17.1. The molecule has 2 fully saturated rings. The topological polar surface area (TPSA) is 121 Å². The highest BCUT2D eigenvalue weighted by Gasteiger charge is 2.36.